The number of furan rings is 1. The van der Waals surface area contributed by atoms with Gasteiger partial charge in [0.1, 0.15) is 5.01 Å². The van der Waals surface area contributed by atoms with Crippen molar-refractivity contribution in [2.24, 2.45) is 0 Å². The quantitative estimate of drug-likeness (QED) is 0.787. The topological polar surface area (TPSA) is 51.0 Å². The van der Waals surface area contributed by atoms with Gasteiger partial charge in [-0.15, -0.1) is 10.2 Å². The first-order valence-electron chi connectivity index (χ1n) is 4.97. The van der Waals surface area contributed by atoms with Gasteiger partial charge in [0.05, 0.1) is 6.26 Å². The molecule has 4 nitrogen and oxygen atoms in total. The van der Waals surface area contributed by atoms with Crippen molar-refractivity contribution in [3.8, 4) is 10.8 Å². The van der Waals surface area contributed by atoms with E-state index in [1.807, 2.05) is 12.1 Å². The molecule has 5 heteroatoms. The molecule has 0 aromatic carbocycles. The van der Waals surface area contributed by atoms with Crippen LogP contribution in [-0.4, -0.2) is 23.3 Å². The Balaban J connectivity index is 1.98. The number of nitrogens with zero attached hydrogens (tertiary/aromatic N) is 2. The van der Waals surface area contributed by atoms with E-state index in [4.69, 9.17) is 4.42 Å². The Morgan fingerprint density at radius 3 is 3.13 bits per heavy atom. The second-order valence-electron chi connectivity index (χ2n) is 3.08. The van der Waals surface area contributed by atoms with Gasteiger partial charge in [0.2, 0.25) is 0 Å². The average molecular weight is 223 g/mol. The summed E-state index contributed by atoms with van der Waals surface area (Å²) < 4.78 is 5.25. The van der Waals surface area contributed by atoms with Crippen molar-refractivity contribution in [1.82, 2.24) is 15.5 Å². The third-order valence-electron chi connectivity index (χ3n) is 1.96. The van der Waals surface area contributed by atoms with Crippen molar-refractivity contribution in [1.29, 1.82) is 0 Å². The summed E-state index contributed by atoms with van der Waals surface area (Å²) in [6.45, 7) is 4.03. The van der Waals surface area contributed by atoms with E-state index in [9.17, 15) is 0 Å². The zero-order chi connectivity index (χ0) is 10.5. The zero-order valence-corrected chi connectivity index (χ0v) is 9.38. The Bertz CT molecular complexity index is 396. The molecule has 0 aliphatic rings. The Labute approximate surface area is 92.3 Å². The van der Waals surface area contributed by atoms with Gasteiger partial charge in [-0.25, -0.2) is 0 Å². The van der Waals surface area contributed by atoms with Gasteiger partial charge in [-0.2, -0.15) is 0 Å². The Kier molecular flexibility index (Phi) is 3.47. The van der Waals surface area contributed by atoms with E-state index in [1.165, 1.54) is 0 Å². The molecular weight excluding hydrogens is 210 g/mol. The minimum Gasteiger partial charge on any atom is -0.462 e. The highest BCUT2D eigenvalue weighted by molar-refractivity contribution is 7.14. The SMILES string of the molecule is CCNCCc1nnc(-c2ccco2)s1. The van der Waals surface area contributed by atoms with Crippen LogP contribution in [0.4, 0.5) is 0 Å². The molecular formula is C10H13N3OS. The third kappa shape index (κ3) is 2.64. The molecule has 0 radical (unpaired) electrons. The van der Waals surface area contributed by atoms with Crippen LogP contribution in [0, 0.1) is 0 Å². The summed E-state index contributed by atoms with van der Waals surface area (Å²) in [7, 11) is 0. The van der Waals surface area contributed by atoms with Crippen molar-refractivity contribution in [2.45, 2.75) is 13.3 Å². The number of rotatable bonds is 5. The maximum atomic E-state index is 5.25. The maximum absolute atomic E-state index is 5.25. The molecule has 0 saturated carbocycles. The van der Waals surface area contributed by atoms with Crippen LogP contribution in [0.3, 0.4) is 0 Å². The number of likely N-dealkylation sites (N-methyl/N-ethyl adjacent to an activating group) is 1. The fourth-order valence-electron chi connectivity index (χ4n) is 1.23. The maximum Gasteiger partial charge on any atom is 0.183 e. The van der Waals surface area contributed by atoms with Crippen molar-refractivity contribution in [3.05, 3.63) is 23.4 Å². The standard InChI is InChI=1S/C10H13N3OS/c1-2-11-6-5-9-12-13-10(15-9)8-4-3-7-14-8/h3-4,7,11H,2,5-6H2,1H3. The first kappa shape index (κ1) is 10.3. The summed E-state index contributed by atoms with van der Waals surface area (Å²) >= 11 is 1.59. The third-order valence-corrected chi connectivity index (χ3v) is 2.96. The normalized spacial score (nSPS) is 10.7. The predicted octanol–water partition coefficient (Wildman–Crippen LogP) is 1.95. The highest BCUT2D eigenvalue weighted by Gasteiger charge is 2.07. The van der Waals surface area contributed by atoms with Crippen LogP contribution in [0.15, 0.2) is 22.8 Å². The van der Waals surface area contributed by atoms with Gasteiger partial charge >= 0.3 is 0 Å². The van der Waals surface area contributed by atoms with E-state index in [-0.39, 0.29) is 0 Å². The van der Waals surface area contributed by atoms with Crippen molar-refractivity contribution < 1.29 is 4.42 Å². The molecule has 0 aliphatic heterocycles. The van der Waals surface area contributed by atoms with E-state index in [0.29, 0.717) is 0 Å². The molecule has 2 heterocycles. The van der Waals surface area contributed by atoms with Gasteiger partial charge in [0, 0.05) is 13.0 Å². The molecule has 0 amide bonds. The molecule has 1 N–H and O–H groups in total. The van der Waals surface area contributed by atoms with Crippen LogP contribution in [0.2, 0.25) is 0 Å². The number of aromatic nitrogens is 2. The van der Waals surface area contributed by atoms with E-state index in [1.54, 1.807) is 17.6 Å². The van der Waals surface area contributed by atoms with Crippen LogP contribution in [0.5, 0.6) is 0 Å². The lowest BCUT2D eigenvalue weighted by Crippen LogP contribution is -2.15. The molecule has 0 aliphatic carbocycles. The number of hydrogen-bond donors (Lipinski definition) is 1. The van der Waals surface area contributed by atoms with Gasteiger partial charge in [-0.1, -0.05) is 18.3 Å². The number of nitrogens with one attached hydrogen (secondary N) is 1. The molecule has 0 unspecified atom stereocenters. The fraction of sp³-hybridized carbons (Fsp3) is 0.400. The van der Waals surface area contributed by atoms with Crippen LogP contribution in [0.25, 0.3) is 10.8 Å². The van der Waals surface area contributed by atoms with Crippen LogP contribution < -0.4 is 5.32 Å². The molecule has 80 valence electrons. The van der Waals surface area contributed by atoms with Crippen LogP contribution in [-0.2, 0) is 6.42 Å². The molecule has 15 heavy (non-hydrogen) atoms. The molecule has 0 bridgehead atoms. The Morgan fingerprint density at radius 1 is 1.47 bits per heavy atom. The van der Waals surface area contributed by atoms with E-state index < -0.39 is 0 Å². The molecule has 2 aromatic heterocycles. The highest BCUT2D eigenvalue weighted by atomic mass is 32.1. The summed E-state index contributed by atoms with van der Waals surface area (Å²) in [5.41, 5.74) is 0. The van der Waals surface area contributed by atoms with Gasteiger partial charge in [-0.05, 0) is 18.7 Å². The lowest BCUT2D eigenvalue weighted by molar-refractivity contribution is 0.581. The Morgan fingerprint density at radius 2 is 2.40 bits per heavy atom. The smallest absolute Gasteiger partial charge is 0.183 e. The largest absolute Gasteiger partial charge is 0.462 e. The van der Waals surface area contributed by atoms with Crippen molar-refractivity contribution in [3.63, 3.8) is 0 Å². The average Bonchev–Trinajstić information content (AvgIpc) is 2.87. The molecule has 0 saturated heterocycles. The number of hydrogen-bond acceptors (Lipinski definition) is 5. The van der Waals surface area contributed by atoms with Crippen LogP contribution in [0.1, 0.15) is 11.9 Å². The highest BCUT2D eigenvalue weighted by Crippen LogP contribution is 2.23. The monoisotopic (exact) mass is 223 g/mol. The first-order chi connectivity index (χ1) is 7.40. The molecule has 0 fully saturated rings. The van der Waals surface area contributed by atoms with Crippen LogP contribution >= 0.6 is 11.3 Å². The molecule has 0 atom stereocenters. The summed E-state index contributed by atoms with van der Waals surface area (Å²) in [5, 5.41) is 13.4. The van der Waals surface area contributed by atoms with Crippen molar-refractivity contribution in [2.75, 3.05) is 13.1 Å². The van der Waals surface area contributed by atoms with Gasteiger partial charge in [-0.3, -0.25) is 0 Å². The fourth-order valence-corrected chi connectivity index (χ4v) is 2.03. The Hall–Kier alpha value is -1.20. The van der Waals surface area contributed by atoms with Gasteiger partial charge in [0.25, 0.3) is 0 Å². The minimum absolute atomic E-state index is 0.794. The summed E-state index contributed by atoms with van der Waals surface area (Å²) in [5.74, 6) is 0.794. The molecule has 2 rings (SSSR count). The first-order valence-corrected chi connectivity index (χ1v) is 5.78. The van der Waals surface area contributed by atoms with Gasteiger partial charge < -0.3 is 9.73 Å². The van der Waals surface area contributed by atoms with Gasteiger partial charge in [0.15, 0.2) is 10.8 Å². The van der Waals surface area contributed by atoms with E-state index in [0.717, 1.165) is 35.3 Å². The summed E-state index contributed by atoms with van der Waals surface area (Å²) in [6, 6.07) is 3.75. The molecule has 2 aromatic rings. The van der Waals surface area contributed by atoms with E-state index >= 15 is 0 Å². The lowest BCUT2D eigenvalue weighted by Gasteiger charge is -1.95. The summed E-state index contributed by atoms with van der Waals surface area (Å²) in [4.78, 5) is 0. The zero-order valence-electron chi connectivity index (χ0n) is 8.56. The predicted molar refractivity (Wildman–Crippen MR) is 59.9 cm³/mol. The lowest BCUT2D eigenvalue weighted by atomic mass is 10.4. The van der Waals surface area contributed by atoms with Crippen molar-refractivity contribution >= 4 is 11.3 Å². The second-order valence-corrected chi connectivity index (χ2v) is 4.14. The second kappa shape index (κ2) is 5.04. The van der Waals surface area contributed by atoms with E-state index in [2.05, 4.69) is 22.4 Å². The molecule has 0 spiro atoms. The summed E-state index contributed by atoms with van der Waals surface area (Å²) in [6.07, 6.45) is 2.57. The minimum atomic E-state index is 0.794.